The van der Waals surface area contributed by atoms with Gasteiger partial charge in [0.15, 0.2) is 18.9 Å². The minimum atomic E-state index is -1.63. The fourth-order valence-corrected chi connectivity index (χ4v) is 12.2. The summed E-state index contributed by atoms with van der Waals surface area (Å²) in [5, 5.41) is 26.7. The van der Waals surface area contributed by atoms with Gasteiger partial charge in [-0.15, -0.1) is 0 Å². The van der Waals surface area contributed by atoms with E-state index in [9.17, 15) is 15.0 Å². The van der Waals surface area contributed by atoms with Gasteiger partial charge in [0, 0.05) is 21.6 Å². The van der Waals surface area contributed by atoms with Crippen LogP contribution in [0.3, 0.4) is 0 Å². The molecule has 19 heteroatoms. The Morgan fingerprint density at radius 1 is 0.404 bits per heavy atom. The molecule has 0 unspecified atom stereocenters. The highest BCUT2D eigenvalue weighted by atomic mass is 28.3. The largest absolute Gasteiger partial charge is 0.497 e. The molecule has 18 nitrogen and oxygen atoms in total. The van der Waals surface area contributed by atoms with Crippen molar-refractivity contribution in [2.24, 2.45) is 0 Å². The van der Waals surface area contributed by atoms with Gasteiger partial charge in [-0.3, -0.25) is 4.79 Å². The van der Waals surface area contributed by atoms with E-state index in [-0.39, 0.29) is 66.1 Å². The summed E-state index contributed by atoms with van der Waals surface area (Å²) in [4.78, 5) is 13.2. The second-order valence-electron chi connectivity index (χ2n) is 25.1. The van der Waals surface area contributed by atoms with E-state index in [1.54, 1.807) is 7.11 Å². The second-order valence-corrected chi connectivity index (χ2v) is 30.7. The molecule has 0 saturated carbocycles. The van der Waals surface area contributed by atoms with E-state index in [0.717, 1.165) is 45.0 Å². The van der Waals surface area contributed by atoms with Crippen LogP contribution in [0.5, 0.6) is 5.75 Å². The summed E-state index contributed by atoms with van der Waals surface area (Å²) in [5.41, 5.74) is 6.23. The molecule has 3 N–H and O–H groups in total. The van der Waals surface area contributed by atoms with E-state index in [0.29, 0.717) is 12.4 Å². The van der Waals surface area contributed by atoms with E-state index < -0.39 is 106 Å². The van der Waals surface area contributed by atoms with E-state index >= 15 is 0 Å². The molecule has 0 bridgehead atoms. The molecular formula is C75H91NO17Si. The van der Waals surface area contributed by atoms with Crippen molar-refractivity contribution < 1.29 is 81.3 Å². The van der Waals surface area contributed by atoms with E-state index in [1.807, 2.05) is 206 Å². The third-order valence-electron chi connectivity index (χ3n) is 16.6. The lowest BCUT2D eigenvalue weighted by Gasteiger charge is -2.51. The van der Waals surface area contributed by atoms with Crippen LogP contribution in [0.1, 0.15) is 45.9 Å². The predicted octanol–water partition coefficient (Wildman–Crippen LogP) is 10.5. The highest BCUT2D eigenvalue weighted by Crippen LogP contribution is 2.39. The fourth-order valence-electron chi connectivity index (χ4n) is 11.5. The normalized spacial score (nSPS) is 26.4. The number of amides is 1. The monoisotopic (exact) mass is 1310 g/mol. The number of carbonyl (C=O) groups is 1. The summed E-state index contributed by atoms with van der Waals surface area (Å²) in [6.07, 6.45) is -16.3. The van der Waals surface area contributed by atoms with Gasteiger partial charge in [0.25, 0.3) is 0 Å². The number of benzene rings is 7. The lowest BCUT2D eigenvalue weighted by molar-refractivity contribution is -0.387. The van der Waals surface area contributed by atoms with Crippen LogP contribution >= 0.6 is 0 Å². The molecule has 3 saturated heterocycles. The number of methoxy groups -OCH3 is 1. The minimum absolute atomic E-state index is 0.0261. The molecule has 94 heavy (non-hydrogen) atoms. The number of hydrogen-bond acceptors (Lipinski definition) is 17. The first-order chi connectivity index (χ1) is 45.8. The Balaban J connectivity index is 1.07. The van der Waals surface area contributed by atoms with Crippen LogP contribution in [0.15, 0.2) is 206 Å². The summed E-state index contributed by atoms with van der Waals surface area (Å²) in [5.74, 6) is 0.183. The highest BCUT2D eigenvalue weighted by molar-refractivity contribution is 6.76. The van der Waals surface area contributed by atoms with Gasteiger partial charge in [0.2, 0.25) is 5.91 Å². The van der Waals surface area contributed by atoms with Gasteiger partial charge in [0.05, 0.1) is 73.2 Å². The summed E-state index contributed by atoms with van der Waals surface area (Å²) < 4.78 is 96.8. The van der Waals surface area contributed by atoms with Gasteiger partial charge < -0.3 is 81.8 Å². The standard InChI is InChI=1S/C75H91NO17Si/c1-52(77)76-64-66(79)65(78)61(49-81-44-59-36-38-60(80-2)39-37-59)89-73(64)92-67-63(51-83-43-54-26-14-7-15-27-54)91-75(72(88-48-58-34-22-11-23-35-58)70(67)86-46-56-30-18-9-19-31-56)93-68-62(50-82-42-53-24-12-6-13-25-53)90-74(84-40-41-94(3,4)5)71(87-47-57-32-20-10-21-33-57)69(68)85-45-55-28-16-8-17-29-55/h6-39,61-75,78-79H,40-51H2,1-5H3,(H,76,77)/t61-,62-,63-,64-,65+,66-,67+,68-,69+,70+,71-,72-,73+,74-,75+/m1/s1. The van der Waals surface area contributed by atoms with Gasteiger partial charge in [-0.25, -0.2) is 0 Å². The molecule has 3 aliphatic heterocycles. The number of carbonyl (C=O) groups excluding carboxylic acids is 1. The maximum Gasteiger partial charge on any atom is 0.217 e. The predicted molar refractivity (Wildman–Crippen MR) is 354 cm³/mol. The topological polar surface area (TPSA) is 199 Å². The Hall–Kier alpha value is -6.57. The molecule has 502 valence electrons. The number of aliphatic hydroxyl groups excluding tert-OH is 2. The van der Waals surface area contributed by atoms with Crippen LogP contribution in [-0.2, 0) is 113 Å². The van der Waals surface area contributed by atoms with Gasteiger partial charge in [-0.05, 0) is 57.1 Å². The van der Waals surface area contributed by atoms with Crippen LogP contribution in [0.2, 0.25) is 25.7 Å². The smallest absolute Gasteiger partial charge is 0.217 e. The Bertz CT molecular complexity index is 3250. The zero-order chi connectivity index (χ0) is 65.5. The van der Waals surface area contributed by atoms with E-state index in [4.69, 9.17) is 66.3 Å². The van der Waals surface area contributed by atoms with E-state index in [1.165, 1.54) is 6.92 Å². The summed E-state index contributed by atoms with van der Waals surface area (Å²) in [6.45, 7) is 9.46. The summed E-state index contributed by atoms with van der Waals surface area (Å²) >= 11 is 0. The number of aliphatic hydroxyl groups is 2. The quantitative estimate of drug-likeness (QED) is 0.0322. The second kappa shape index (κ2) is 36.0. The first kappa shape index (κ1) is 70.2. The van der Waals surface area contributed by atoms with Crippen LogP contribution in [-0.4, -0.2) is 150 Å². The van der Waals surface area contributed by atoms with Crippen LogP contribution in [0.4, 0.5) is 0 Å². The van der Waals surface area contributed by atoms with Crippen LogP contribution < -0.4 is 10.1 Å². The number of rotatable bonds is 34. The maximum atomic E-state index is 13.2. The lowest BCUT2D eigenvalue weighted by Crippen LogP contribution is -2.69. The number of ether oxygens (including phenoxy) is 14. The van der Waals surface area contributed by atoms with Crippen molar-refractivity contribution in [3.05, 3.63) is 245 Å². The first-order valence-corrected chi connectivity index (χ1v) is 36.1. The molecule has 0 aromatic heterocycles. The first-order valence-electron chi connectivity index (χ1n) is 32.4. The average Bonchev–Trinajstić information content (AvgIpc) is 0.770. The molecule has 3 fully saturated rings. The van der Waals surface area contributed by atoms with Crippen molar-refractivity contribution in [1.82, 2.24) is 5.32 Å². The number of hydrogen-bond donors (Lipinski definition) is 3. The molecule has 0 spiro atoms. The van der Waals surface area contributed by atoms with Crippen molar-refractivity contribution in [2.75, 3.05) is 33.5 Å². The summed E-state index contributed by atoms with van der Waals surface area (Å²) in [7, 11) is -0.0307. The summed E-state index contributed by atoms with van der Waals surface area (Å²) in [6, 6.07) is 65.9. The molecular weight excluding hydrogens is 1210 g/mol. The molecule has 1 amide bonds. The van der Waals surface area contributed by atoms with Gasteiger partial charge in [-0.2, -0.15) is 0 Å². The Morgan fingerprint density at radius 2 is 0.745 bits per heavy atom. The lowest BCUT2D eigenvalue weighted by atomic mass is 9.94. The molecule has 7 aromatic carbocycles. The SMILES string of the molecule is COc1ccc(COC[C@H]2O[C@@H](O[C@@H]3[C@H](OCc4ccccc4)[C@@H](OCc4ccccc4)[C@H](O[C@H]4[C@H](OCc5ccccc5)[C@@H](OCc5ccccc5)[C@H](OCC[Si](C)(C)C)O[C@@H]4COCc4ccccc4)O[C@@H]3COCc3ccccc3)[C@H](NC(C)=O)[C@@H](O)[C@H]2O)cc1. The zero-order valence-electron chi connectivity index (χ0n) is 54.3. The molecule has 0 radical (unpaired) electrons. The average molecular weight is 1310 g/mol. The van der Waals surface area contributed by atoms with Crippen molar-refractivity contribution in [2.45, 2.75) is 171 Å². The molecule has 10 rings (SSSR count). The van der Waals surface area contributed by atoms with Crippen LogP contribution in [0.25, 0.3) is 0 Å². The molecule has 7 aromatic rings. The fraction of sp³-hybridized carbons (Fsp3) is 0.427. The van der Waals surface area contributed by atoms with Gasteiger partial charge in [0.1, 0.15) is 78.9 Å². The highest BCUT2D eigenvalue weighted by Gasteiger charge is 2.57. The zero-order valence-corrected chi connectivity index (χ0v) is 55.3. The minimum Gasteiger partial charge on any atom is -0.497 e. The Kier molecular flexibility index (Phi) is 26.9. The molecule has 3 heterocycles. The van der Waals surface area contributed by atoms with Crippen molar-refractivity contribution in [3.63, 3.8) is 0 Å². The molecule has 15 atom stereocenters. The Labute approximate surface area is 553 Å². The van der Waals surface area contributed by atoms with Crippen molar-refractivity contribution >= 4 is 14.0 Å². The third kappa shape index (κ3) is 21.0. The van der Waals surface area contributed by atoms with Crippen LogP contribution in [0, 0.1) is 0 Å². The molecule has 3 aliphatic rings. The van der Waals surface area contributed by atoms with Gasteiger partial charge in [-0.1, -0.05) is 214 Å². The third-order valence-corrected chi connectivity index (χ3v) is 18.3. The maximum absolute atomic E-state index is 13.2. The number of nitrogens with one attached hydrogen (secondary N) is 1. The van der Waals surface area contributed by atoms with Gasteiger partial charge >= 0.3 is 0 Å². The molecule has 0 aliphatic carbocycles. The van der Waals surface area contributed by atoms with Crippen molar-refractivity contribution in [3.8, 4) is 5.75 Å². The van der Waals surface area contributed by atoms with Crippen molar-refractivity contribution in [1.29, 1.82) is 0 Å². The Morgan fingerprint density at radius 3 is 1.14 bits per heavy atom. The van der Waals surface area contributed by atoms with E-state index in [2.05, 4.69) is 25.0 Å².